The fourth-order valence-electron chi connectivity index (χ4n) is 2.25. The van der Waals surface area contributed by atoms with Crippen LogP contribution in [0, 0.1) is 0 Å². The van der Waals surface area contributed by atoms with E-state index in [9.17, 15) is 14.4 Å². The van der Waals surface area contributed by atoms with E-state index < -0.39 is 11.9 Å². The molecule has 0 unspecified atom stereocenters. The lowest BCUT2D eigenvalue weighted by atomic mass is 10.1. The Morgan fingerprint density at radius 1 is 0.963 bits per heavy atom. The van der Waals surface area contributed by atoms with Gasteiger partial charge in [-0.2, -0.15) is 5.10 Å². The third-order valence-corrected chi connectivity index (χ3v) is 3.78. The van der Waals surface area contributed by atoms with E-state index in [-0.39, 0.29) is 17.9 Å². The number of hydrogen-bond donors (Lipinski definition) is 1. The Morgan fingerprint density at radius 2 is 1.59 bits per heavy atom. The monoisotopic (exact) mass is 367 g/mol. The van der Waals surface area contributed by atoms with Crippen molar-refractivity contribution < 1.29 is 19.1 Å². The first-order valence-electron chi connectivity index (χ1n) is 8.23. The maximum atomic E-state index is 12.5. The average Bonchev–Trinajstić information content (AvgIpc) is 2.70. The number of ketones is 1. The van der Waals surface area contributed by atoms with Crippen LogP contribution >= 0.6 is 0 Å². The lowest BCUT2D eigenvalue weighted by molar-refractivity contribution is -0.132. The highest BCUT2D eigenvalue weighted by Gasteiger charge is 2.19. The topological polar surface area (TPSA) is 88.1 Å². The van der Waals surface area contributed by atoms with Crippen LogP contribution in [0.25, 0.3) is 0 Å². The molecule has 1 amide bonds. The molecule has 27 heavy (non-hydrogen) atoms. The molecule has 0 heterocycles. The molecule has 7 heteroatoms. The number of esters is 1. The van der Waals surface area contributed by atoms with Crippen molar-refractivity contribution in [2.24, 2.45) is 5.10 Å². The molecule has 0 spiro atoms. The Kier molecular flexibility index (Phi) is 6.82. The summed E-state index contributed by atoms with van der Waals surface area (Å²) in [6, 6.07) is 15.4. The first kappa shape index (κ1) is 19.8. The van der Waals surface area contributed by atoms with E-state index >= 15 is 0 Å². The van der Waals surface area contributed by atoms with Gasteiger partial charge in [0.25, 0.3) is 5.91 Å². The largest absolute Gasteiger partial charge is 0.464 e. The van der Waals surface area contributed by atoms with Gasteiger partial charge in [0.15, 0.2) is 11.5 Å². The SMILES string of the molecule is COC(=O)C(CC(=O)c1ccc(N(C)C)cc1)=NNC(=O)c1ccccc1. The molecule has 2 aromatic carbocycles. The number of anilines is 1. The highest BCUT2D eigenvalue weighted by Crippen LogP contribution is 2.14. The van der Waals surface area contributed by atoms with E-state index in [0.717, 1.165) is 5.69 Å². The Bertz CT molecular complexity index is 843. The van der Waals surface area contributed by atoms with Gasteiger partial charge in [0.1, 0.15) is 0 Å². The molecule has 1 N–H and O–H groups in total. The molecule has 0 aliphatic rings. The fraction of sp³-hybridized carbons (Fsp3) is 0.200. The van der Waals surface area contributed by atoms with E-state index in [0.29, 0.717) is 11.1 Å². The van der Waals surface area contributed by atoms with Crippen LogP contribution in [0.5, 0.6) is 0 Å². The van der Waals surface area contributed by atoms with Gasteiger partial charge in [-0.3, -0.25) is 9.59 Å². The van der Waals surface area contributed by atoms with Gasteiger partial charge >= 0.3 is 5.97 Å². The number of Topliss-reactive ketones (excluding diaryl/α,β-unsaturated/α-hetero) is 1. The van der Waals surface area contributed by atoms with E-state index in [1.54, 1.807) is 54.6 Å². The summed E-state index contributed by atoms with van der Waals surface area (Å²) in [6.45, 7) is 0. The van der Waals surface area contributed by atoms with E-state index in [2.05, 4.69) is 15.3 Å². The number of hydrogen-bond acceptors (Lipinski definition) is 6. The van der Waals surface area contributed by atoms with Gasteiger partial charge < -0.3 is 9.64 Å². The number of nitrogens with zero attached hydrogens (tertiary/aromatic N) is 2. The van der Waals surface area contributed by atoms with Crippen LogP contribution in [-0.4, -0.2) is 44.6 Å². The maximum Gasteiger partial charge on any atom is 0.354 e. The van der Waals surface area contributed by atoms with E-state index in [1.165, 1.54) is 7.11 Å². The van der Waals surface area contributed by atoms with Crippen LogP contribution in [0.4, 0.5) is 5.69 Å². The minimum absolute atomic E-state index is 0.177. The van der Waals surface area contributed by atoms with Crippen LogP contribution in [0.3, 0.4) is 0 Å². The van der Waals surface area contributed by atoms with Crippen LogP contribution in [-0.2, 0) is 9.53 Å². The van der Waals surface area contributed by atoms with E-state index in [4.69, 9.17) is 0 Å². The summed E-state index contributed by atoms with van der Waals surface area (Å²) in [5, 5.41) is 3.80. The number of ether oxygens (including phenoxy) is 1. The third-order valence-electron chi connectivity index (χ3n) is 3.78. The number of carbonyl (C=O) groups excluding carboxylic acids is 3. The van der Waals surface area contributed by atoms with Crippen molar-refractivity contribution in [2.75, 3.05) is 26.1 Å². The average molecular weight is 367 g/mol. The number of benzene rings is 2. The molecule has 2 rings (SSSR count). The van der Waals surface area contributed by atoms with Crippen molar-refractivity contribution >= 4 is 29.1 Å². The molecule has 0 radical (unpaired) electrons. The second-order valence-corrected chi connectivity index (χ2v) is 5.90. The smallest absolute Gasteiger partial charge is 0.354 e. The highest BCUT2D eigenvalue weighted by atomic mass is 16.5. The molecule has 0 aromatic heterocycles. The minimum atomic E-state index is -0.776. The minimum Gasteiger partial charge on any atom is -0.464 e. The molecule has 0 aliphatic carbocycles. The normalized spacial score (nSPS) is 10.9. The van der Waals surface area contributed by atoms with Crippen molar-refractivity contribution in [3.63, 3.8) is 0 Å². The van der Waals surface area contributed by atoms with Gasteiger partial charge in [-0.05, 0) is 36.4 Å². The zero-order valence-corrected chi connectivity index (χ0v) is 15.4. The molecule has 0 aliphatic heterocycles. The number of hydrazone groups is 1. The van der Waals surface area contributed by atoms with Gasteiger partial charge in [-0.1, -0.05) is 18.2 Å². The predicted octanol–water partition coefficient (Wildman–Crippen LogP) is 2.28. The summed E-state index contributed by atoms with van der Waals surface area (Å²) < 4.78 is 4.66. The van der Waals surface area contributed by atoms with Crippen molar-refractivity contribution in [3.05, 3.63) is 65.7 Å². The summed E-state index contributed by atoms with van der Waals surface area (Å²) in [5.41, 5.74) is 3.88. The van der Waals surface area contributed by atoms with Gasteiger partial charge in [0.05, 0.1) is 13.5 Å². The van der Waals surface area contributed by atoms with E-state index in [1.807, 2.05) is 19.0 Å². The predicted molar refractivity (Wildman–Crippen MR) is 103 cm³/mol. The van der Waals surface area contributed by atoms with Crippen molar-refractivity contribution in [1.82, 2.24) is 5.43 Å². The van der Waals surface area contributed by atoms with Crippen LogP contribution < -0.4 is 10.3 Å². The van der Waals surface area contributed by atoms with Gasteiger partial charge in [0, 0.05) is 30.9 Å². The van der Waals surface area contributed by atoms with Crippen LogP contribution in [0.1, 0.15) is 27.1 Å². The Balaban J connectivity index is 2.12. The number of nitrogens with one attached hydrogen (secondary N) is 1. The molecule has 0 fully saturated rings. The molecule has 7 nitrogen and oxygen atoms in total. The van der Waals surface area contributed by atoms with Crippen molar-refractivity contribution in [2.45, 2.75) is 6.42 Å². The molecule has 0 saturated carbocycles. The zero-order valence-electron chi connectivity index (χ0n) is 15.4. The van der Waals surface area contributed by atoms with Gasteiger partial charge in [-0.15, -0.1) is 0 Å². The number of amides is 1. The molecule has 2 aromatic rings. The first-order chi connectivity index (χ1) is 12.9. The van der Waals surface area contributed by atoms with Gasteiger partial charge in [-0.25, -0.2) is 10.2 Å². The number of methoxy groups -OCH3 is 1. The Labute approximate surface area is 157 Å². The quantitative estimate of drug-likeness (QED) is 0.351. The molecule has 0 saturated heterocycles. The molecule has 0 bridgehead atoms. The zero-order chi connectivity index (χ0) is 19.8. The third kappa shape index (κ3) is 5.50. The number of carbonyl (C=O) groups is 3. The molecular formula is C20H21N3O4. The lowest BCUT2D eigenvalue weighted by Crippen LogP contribution is -2.26. The maximum absolute atomic E-state index is 12.5. The summed E-state index contributed by atoms with van der Waals surface area (Å²) in [6.07, 6.45) is -0.289. The van der Waals surface area contributed by atoms with Crippen LogP contribution in [0.15, 0.2) is 59.7 Å². The Hall–Kier alpha value is -3.48. The lowest BCUT2D eigenvalue weighted by Gasteiger charge is -2.12. The van der Waals surface area contributed by atoms with Crippen LogP contribution in [0.2, 0.25) is 0 Å². The highest BCUT2D eigenvalue weighted by molar-refractivity contribution is 6.40. The first-order valence-corrected chi connectivity index (χ1v) is 8.23. The summed E-state index contributed by atoms with van der Waals surface area (Å²) >= 11 is 0. The summed E-state index contributed by atoms with van der Waals surface area (Å²) in [5.74, 6) is -1.57. The second-order valence-electron chi connectivity index (χ2n) is 5.90. The van der Waals surface area contributed by atoms with Crippen molar-refractivity contribution in [1.29, 1.82) is 0 Å². The summed E-state index contributed by atoms with van der Waals surface area (Å²) in [7, 11) is 4.98. The summed E-state index contributed by atoms with van der Waals surface area (Å²) in [4.78, 5) is 38.3. The van der Waals surface area contributed by atoms with Gasteiger partial charge in [0.2, 0.25) is 0 Å². The molecule has 140 valence electrons. The fourth-order valence-corrected chi connectivity index (χ4v) is 2.25. The molecular weight excluding hydrogens is 346 g/mol. The standard InChI is InChI=1S/C20H21N3O4/c1-23(2)16-11-9-14(10-12-16)18(24)13-17(20(26)27-3)21-22-19(25)15-7-5-4-6-8-15/h4-12H,13H2,1-3H3,(H,22,25). The molecule has 0 atom stereocenters. The number of rotatable bonds is 7. The Morgan fingerprint density at radius 3 is 2.15 bits per heavy atom. The van der Waals surface area contributed by atoms with Crippen molar-refractivity contribution in [3.8, 4) is 0 Å². The second kappa shape index (κ2) is 9.28.